The van der Waals surface area contributed by atoms with Gasteiger partial charge < -0.3 is 19.6 Å². The first-order chi connectivity index (χ1) is 20.2. The molecule has 3 N–H and O–H groups in total. The van der Waals surface area contributed by atoms with Gasteiger partial charge in [-0.1, -0.05) is 48.5 Å². The molecule has 0 radical (unpaired) electrons. The second-order valence-corrected chi connectivity index (χ2v) is 9.96. The minimum absolute atomic E-state index is 0.00669. The molecule has 0 saturated heterocycles. The van der Waals surface area contributed by atoms with E-state index in [2.05, 4.69) is 92.8 Å². The Kier molecular flexibility index (Phi) is 6.22. The fraction of sp³-hybridized carbons (Fsp3) is 0.0909. The molecule has 3 aromatic carbocycles. The Balaban J connectivity index is 1.38. The zero-order valence-electron chi connectivity index (χ0n) is 22.4. The van der Waals surface area contributed by atoms with Crippen LogP contribution in [0.3, 0.4) is 0 Å². The van der Waals surface area contributed by atoms with Crippen molar-refractivity contribution in [2.24, 2.45) is 5.73 Å². The van der Waals surface area contributed by atoms with Gasteiger partial charge in [0.2, 0.25) is 5.89 Å². The largest absolute Gasteiger partial charge is 0.444 e. The Morgan fingerprint density at radius 1 is 0.951 bits per heavy atom. The number of hydrogen-bond acceptors (Lipinski definition) is 7. The average molecular weight is 541 g/mol. The van der Waals surface area contributed by atoms with E-state index in [0.29, 0.717) is 12.4 Å². The summed E-state index contributed by atoms with van der Waals surface area (Å²) in [5, 5.41) is 3.97. The van der Waals surface area contributed by atoms with Gasteiger partial charge in [0.15, 0.2) is 0 Å². The van der Waals surface area contributed by atoms with Crippen LogP contribution in [0.2, 0.25) is 0 Å². The molecule has 0 saturated carbocycles. The maximum atomic E-state index is 6.29. The van der Waals surface area contributed by atoms with Crippen LogP contribution in [-0.4, -0.2) is 26.3 Å². The van der Waals surface area contributed by atoms with Gasteiger partial charge in [0.05, 0.1) is 34.7 Å². The topological polar surface area (TPSA) is 94.4 Å². The van der Waals surface area contributed by atoms with Crippen molar-refractivity contribution in [3.05, 3.63) is 127 Å². The summed E-state index contributed by atoms with van der Waals surface area (Å²) in [6.45, 7) is 2.46. The van der Waals surface area contributed by atoms with Gasteiger partial charge in [-0.3, -0.25) is 10.4 Å². The Hall–Kier alpha value is -5.34. The van der Waals surface area contributed by atoms with Crippen LogP contribution in [0.15, 0.2) is 126 Å². The molecule has 1 aliphatic heterocycles. The van der Waals surface area contributed by atoms with Gasteiger partial charge in [-0.05, 0) is 48.4 Å². The number of allylic oxidation sites excluding steroid dienone is 1. The Bertz CT molecular complexity index is 1900. The highest BCUT2D eigenvalue weighted by Crippen LogP contribution is 2.37. The van der Waals surface area contributed by atoms with E-state index in [1.807, 2.05) is 19.2 Å². The molecular formula is C33H28N6O2. The molecule has 0 amide bonds. The fourth-order valence-electron chi connectivity index (χ4n) is 5.45. The standard InChI is InChI=1S/C33H28N6O2/c1-22(39-37-12-14-41-39)15-25(19-34)23-7-9-29-30-10-8-24(26-16-27(21-35-20-26)33-36-11-13-40-33)18-32(30)38(31(29)17-23)28-5-3-2-4-6-28/h2-18,20-21,25,37H,19,34H2,1H3/b22-15+. The molecule has 3 aromatic heterocycles. The lowest BCUT2D eigenvalue weighted by Gasteiger charge is -2.20. The van der Waals surface area contributed by atoms with Crippen LogP contribution in [0.25, 0.3) is 50.1 Å². The summed E-state index contributed by atoms with van der Waals surface area (Å²) >= 11 is 0. The van der Waals surface area contributed by atoms with Crippen molar-refractivity contribution in [1.82, 2.24) is 25.1 Å². The third-order valence-electron chi connectivity index (χ3n) is 7.43. The molecule has 4 heterocycles. The molecule has 202 valence electrons. The van der Waals surface area contributed by atoms with Gasteiger partial charge in [0.25, 0.3) is 0 Å². The first-order valence-electron chi connectivity index (χ1n) is 13.4. The van der Waals surface area contributed by atoms with E-state index in [4.69, 9.17) is 15.0 Å². The van der Waals surface area contributed by atoms with Crippen LogP contribution < -0.4 is 11.2 Å². The molecule has 41 heavy (non-hydrogen) atoms. The van der Waals surface area contributed by atoms with Crippen molar-refractivity contribution in [2.75, 3.05) is 6.54 Å². The number of hydroxylamine groups is 1. The molecule has 1 aliphatic rings. The molecule has 7 rings (SSSR count). The fourth-order valence-corrected chi connectivity index (χ4v) is 5.45. The third kappa shape index (κ3) is 4.50. The first kappa shape index (κ1) is 24.7. The molecule has 6 aromatic rings. The van der Waals surface area contributed by atoms with Crippen LogP contribution in [0, 0.1) is 0 Å². The maximum Gasteiger partial charge on any atom is 0.227 e. The SMILES string of the molecule is C/C(=C\C(CN)c1ccc2c3ccc(-c4cncc(-c5ncco5)c4)cc3n(-c3ccccc3)c2c1)N1NC=CO1. The second kappa shape index (κ2) is 10.3. The molecule has 8 nitrogen and oxygen atoms in total. The van der Waals surface area contributed by atoms with E-state index in [-0.39, 0.29) is 5.92 Å². The van der Waals surface area contributed by atoms with Gasteiger partial charge in [-0.2, -0.15) is 0 Å². The van der Waals surface area contributed by atoms with Crippen molar-refractivity contribution < 1.29 is 9.25 Å². The zero-order valence-corrected chi connectivity index (χ0v) is 22.4. The summed E-state index contributed by atoms with van der Waals surface area (Å²) in [7, 11) is 0. The van der Waals surface area contributed by atoms with Crippen molar-refractivity contribution in [2.45, 2.75) is 12.8 Å². The van der Waals surface area contributed by atoms with Gasteiger partial charge >= 0.3 is 0 Å². The number of nitrogens with two attached hydrogens (primary N) is 1. The van der Waals surface area contributed by atoms with Crippen LogP contribution in [0.4, 0.5) is 0 Å². The van der Waals surface area contributed by atoms with Crippen molar-refractivity contribution in [3.63, 3.8) is 0 Å². The number of pyridine rings is 1. The van der Waals surface area contributed by atoms with Gasteiger partial charge in [0.1, 0.15) is 12.5 Å². The highest BCUT2D eigenvalue weighted by molar-refractivity contribution is 6.10. The second-order valence-electron chi connectivity index (χ2n) is 9.96. The molecule has 0 bridgehead atoms. The molecule has 1 unspecified atom stereocenters. The van der Waals surface area contributed by atoms with Gasteiger partial charge in [-0.25, -0.2) is 4.98 Å². The predicted octanol–water partition coefficient (Wildman–Crippen LogP) is 6.67. The van der Waals surface area contributed by atoms with E-state index in [1.165, 1.54) is 10.8 Å². The van der Waals surface area contributed by atoms with E-state index in [9.17, 15) is 0 Å². The first-order valence-corrected chi connectivity index (χ1v) is 13.4. The minimum Gasteiger partial charge on any atom is -0.444 e. The molecule has 8 heteroatoms. The summed E-state index contributed by atoms with van der Waals surface area (Å²) in [6, 6.07) is 25.7. The summed E-state index contributed by atoms with van der Waals surface area (Å²) < 4.78 is 7.83. The lowest BCUT2D eigenvalue weighted by Crippen LogP contribution is -2.27. The van der Waals surface area contributed by atoms with E-state index < -0.39 is 0 Å². The minimum atomic E-state index is 0.00669. The monoisotopic (exact) mass is 540 g/mol. The highest BCUT2D eigenvalue weighted by Gasteiger charge is 2.18. The number of benzene rings is 3. The zero-order chi connectivity index (χ0) is 27.8. The van der Waals surface area contributed by atoms with Crippen molar-refractivity contribution >= 4 is 21.8 Å². The third-order valence-corrected chi connectivity index (χ3v) is 7.43. The van der Waals surface area contributed by atoms with Gasteiger partial charge in [0, 0.05) is 46.9 Å². The van der Waals surface area contributed by atoms with Crippen LogP contribution in [0.5, 0.6) is 0 Å². The van der Waals surface area contributed by atoms with Crippen LogP contribution >= 0.6 is 0 Å². The summed E-state index contributed by atoms with van der Waals surface area (Å²) in [5.41, 5.74) is 17.6. The summed E-state index contributed by atoms with van der Waals surface area (Å²) in [4.78, 5) is 14.2. The smallest absolute Gasteiger partial charge is 0.227 e. The van der Waals surface area contributed by atoms with Crippen molar-refractivity contribution in [1.29, 1.82) is 0 Å². The van der Waals surface area contributed by atoms with Crippen LogP contribution in [0.1, 0.15) is 18.4 Å². The number of nitrogens with one attached hydrogen (secondary N) is 1. The number of para-hydroxylation sites is 1. The number of hydrazine groups is 1. The average Bonchev–Trinajstić information content (AvgIpc) is 3.81. The normalized spacial score (nSPS) is 14.0. The van der Waals surface area contributed by atoms with Gasteiger partial charge in [-0.15, -0.1) is 5.17 Å². The molecule has 0 spiro atoms. The Morgan fingerprint density at radius 3 is 2.51 bits per heavy atom. The quantitative estimate of drug-likeness (QED) is 0.234. The van der Waals surface area contributed by atoms with Crippen LogP contribution in [-0.2, 0) is 4.84 Å². The Labute approximate surface area is 236 Å². The Morgan fingerprint density at radius 2 is 1.76 bits per heavy atom. The number of aromatic nitrogens is 3. The predicted molar refractivity (Wildman–Crippen MR) is 160 cm³/mol. The molecular weight excluding hydrogens is 512 g/mol. The van der Waals surface area contributed by atoms with E-state index >= 15 is 0 Å². The number of oxazole rings is 1. The molecule has 0 fully saturated rings. The lowest BCUT2D eigenvalue weighted by atomic mass is 9.96. The lowest BCUT2D eigenvalue weighted by molar-refractivity contribution is -0.0784. The maximum absolute atomic E-state index is 6.29. The highest BCUT2D eigenvalue weighted by atomic mass is 16.7. The number of rotatable bonds is 7. The summed E-state index contributed by atoms with van der Waals surface area (Å²) in [6.07, 6.45) is 12.3. The van der Waals surface area contributed by atoms with Crippen molar-refractivity contribution in [3.8, 4) is 28.3 Å². The molecule has 0 aliphatic carbocycles. The molecule has 1 atom stereocenters. The van der Waals surface area contributed by atoms with E-state index in [0.717, 1.165) is 44.7 Å². The number of fused-ring (bicyclic) bond motifs is 3. The number of nitrogens with zero attached hydrogens (tertiary/aromatic N) is 4. The number of hydrogen-bond donors (Lipinski definition) is 2. The van der Waals surface area contributed by atoms with E-state index in [1.54, 1.807) is 36.3 Å². The summed E-state index contributed by atoms with van der Waals surface area (Å²) in [5.74, 6) is 0.556.